The first-order valence-corrected chi connectivity index (χ1v) is 11.7. The fraction of sp³-hybridized carbons (Fsp3) is 0.300. The molecule has 0 aliphatic carbocycles. The van der Waals surface area contributed by atoms with Gasteiger partial charge in [-0.3, -0.25) is 9.89 Å². The van der Waals surface area contributed by atoms with Crippen LogP contribution in [-0.4, -0.2) is 49.1 Å². The van der Waals surface area contributed by atoms with E-state index in [1.165, 1.54) is 30.0 Å². The Kier molecular flexibility index (Phi) is 7.01. The Hall–Kier alpha value is -2.56. The fourth-order valence-electron chi connectivity index (χ4n) is 2.96. The molecule has 0 radical (unpaired) electrons. The summed E-state index contributed by atoms with van der Waals surface area (Å²) >= 11 is 1.10. The van der Waals surface area contributed by atoms with Crippen molar-refractivity contribution in [2.45, 2.75) is 30.0 Å². The number of rotatable bonds is 9. The molecule has 1 aromatic carbocycles. The molecule has 1 atom stereocenters. The van der Waals surface area contributed by atoms with Crippen molar-refractivity contribution >= 4 is 27.3 Å². The minimum Gasteiger partial charge on any atom is -0.344 e. The van der Waals surface area contributed by atoms with Crippen LogP contribution in [0.25, 0.3) is 11.3 Å². The van der Waals surface area contributed by atoms with E-state index in [1.807, 2.05) is 6.07 Å². The van der Waals surface area contributed by atoms with E-state index in [1.54, 1.807) is 30.6 Å². The number of hydrogen-bond acceptors (Lipinski definition) is 5. The van der Waals surface area contributed by atoms with Gasteiger partial charge in [-0.05, 0) is 61.5 Å². The summed E-state index contributed by atoms with van der Waals surface area (Å²) in [7, 11) is -2.05. The van der Waals surface area contributed by atoms with Crippen LogP contribution < -0.4 is 4.72 Å². The molecule has 2 aromatic heterocycles. The topological polar surface area (TPSA) is 95.2 Å². The third-order valence-electron chi connectivity index (χ3n) is 4.55. The molecule has 1 unspecified atom stereocenters. The number of nitrogens with zero attached hydrogens (tertiary/aromatic N) is 2. The Bertz CT molecular complexity index is 1080. The lowest BCUT2D eigenvalue weighted by Gasteiger charge is -2.21. The largest absolute Gasteiger partial charge is 0.344 e. The smallest absolute Gasteiger partial charge is 0.250 e. The second-order valence-corrected chi connectivity index (χ2v) is 9.81. The van der Waals surface area contributed by atoms with Gasteiger partial charge in [0.1, 0.15) is 10.0 Å². The number of carbonyl (C=O) groups excluding carboxylic acids is 1. The van der Waals surface area contributed by atoms with Gasteiger partial charge in [0.05, 0.1) is 11.7 Å². The molecule has 0 spiro atoms. The summed E-state index contributed by atoms with van der Waals surface area (Å²) in [6.45, 7) is 2.00. The maximum Gasteiger partial charge on any atom is 0.250 e. The van der Waals surface area contributed by atoms with Crippen molar-refractivity contribution in [2.75, 3.05) is 13.6 Å². The molecular weight excluding hydrogens is 427 g/mol. The van der Waals surface area contributed by atoms with Crippen LogP contribution in [0, 0.1) is 5.82 Å². The Morgan fingerprint density at radius 1 is 1.30 bits per heavy atom. The summed E-state index contributed by atoms with van der Waals surface area (Å²) in [4.78, 5) is 14.0. The number of sulfonamides is 1. The highest BCUT2D eigenvalue weighted by atomic mass is 32.2. The van der Waals surface area contributed by atoms with Crippen molar-refractivity contribution in [1.82, 2.24) is 19.8 Å². The molecule has 0 bridgehead atoms. The summed E-state index contributed by atoms with van der Waals surface area (Å²) in [5.74, 6) is -0.596. The quantitative estimate of drug-likeness (QED) is 0.524. The number of benzene rings is 1. The van der Waals surface area contributed by atoms with Crippen molar-refractivity contribution in [1.29, 1.82) is 0 Å². The molecule has 0 aliphatic rings. The van der Waals surface area contributed by atoms with Crippen molar-refractivity contribution in [3.63, 3.8) is 0 Å². The SMILES string of the molecule is CC(NS(=O)(=O)c1cccs1)C(=O)N(C)CCCc1cc(-c2ccc(F)cc2)n[nH]1. The van der Waals surface area contributed by atoms with Crippen LogP contribution in [0.15, 0.2) is 52.1 Å². The highest BCUT2D eigenvalue weighted by Gasteiger charge is 2.24. The average Bonchev–Trinajstić information content (AvgIpc) is 3.40. The van der Waals surface area contributed by atoms with Crippen LogP contribution in [0.5, 0.6) is 0 Å². The summed E-state index contributed by atoms with van der Waals surface area (Å²) < 4.78 is 40.2. The molecule has 3 rings (SSSR count). The molecule has 7 nitrogen and oxygen atoms in total. The van der Waals surface area contributed by atoms with Crippen LogP contribution in [0.1, 0.15) is 19.0 Å². The number of aromatic nitrogens is 2. The molecule has 160 valence electrons. The first kappa shape index (κ1) is 22.1. The van der Waals surface area contributed by atoms with Gasteiger partial charge >= 0.3 is 0 Å². The minimum absolute atomic E-state index is 0.181. The van der Waals surface area contributed by atoms with E-state index < -0.39 is 16.1 Å². The summed E-state index contributed by atoms with van der Waals surface area (Å²) in [6.07, 6.45) is 1.35. The second kappa shape index (κ2) is 9.50. The number of H-pyrrole nitrogens is 1. The zero-order valence-corrected chi connectivity index (χ0v) is 18.3. The Labute approximate surface area is 179 Å². The van der Waals surface area contributed by atoms with E-state index in [9.17, 15) is 17.6 Å². The Balaban J connectivity index is 1.49. The van der Waals surface area contributed by atoms with E-state index in [0.717, 1.165) is 28.3 Å². The normalized spacial score (nSPS) is 12.6. The Morgan fingerprint density at radius 2 is 2.03 bits per heavy atom. The van der Waals surface area contributed by atoms with Crippen molar-refractivity contribution in [3.8, 4) is 11.3 Å². The zero-order chi connectivity index (χ0) is 21.7. The lowest BCUT2D eigenvalue weighted by atomic mass is 10.1. The second-order valence-electron chi connectivity index (χ2n) is 6.92. The number of amides is 1. The highest BCUT2D eigenvalue weighted by molar-refractivity contribution is 7.91. The molecule has 0 fully saturated rings. The fourth-order valence-corrected chi connectivity index (χ4v) is 5.17. The first-order valence-electron chi connectivity index (χ1n) is 9.37. The minimum atomic E-state index is -3.70. The summed E-state index contributed by atoms with van der Waals surface area (Å²) in [5, 5.41) is 8.86. The number of nitrogens with one attached hydrogen (secondary N) is 2. The van der Waals surface area contributed by atoms with Gasteiger partial charge in [0.15, 0.2) is 0 Å². The maximum atomic E-state index is 13.0. The number of aromatic amines is 1. The molecule has 1 amide bonds. The molecule has 0 saturated carbocycles. The van der Waals surface area contributed by atoms with Crippen molar-refractivity contribution < 1.29 is 17.6 Å². The maximum absolute atomic E-state index is 13.0. The molecule has 2 N–H and O–H groups in total. The third kappa shape index (κ3) is 5.53. The molecule has 30 heavy (non-hydrogen) atoms. The van der Waals surface area contributed by atoms with E-state index >= 15 is 0 Å². The Morgan fingerprint density at radius 3 is 2.70 bits per heavy atom. The van der Waals surface area contributed by atoms with Gasteiger partial charge in [0.25, 0.3) is 10.0 Å². The van der Waals surface area contributed by atoms with Gasteiger partial charge in [0, 0.05) is 24.8 Å². The lowest BCUT2D eigenvalue weighted by Crippen LogP contribution is -2.45. The van der Waals surface area contributed by atoms with Gasteiger partial charge in [-0.1, -0.05) is 6.07 Å². The van der Waals surface area contributed by atoms with E-state index in [2.05, 4.69) is 14.9 Å². The van der Waals surface area contributed by atoms with Gasteiger partial charge in [-0.25, -0.2) is 12.8 Å². The monoisotopic (exact) mass is 450 g/mol. The number of carbonyl (C=O) groups is 1. The number of likely N-dealkylation sites (N-methyl/N-ethyl adjacent to an activating group) is 1. The number of hydrogen-bond donors (Lipinski definition) is 2. The molecular formula is C20H23FN4O3S2. The molecule has 0 saturated heterocycles. The van der Waals surface area contributed by atoms with Crippen LogP contribution >= 0.6 is 11.3 Å². The standard InChI is InChI=1S/C20H23FN4O3S2/c1-14(24-30(27,28)19-6-4-12-29-19)20(26)25(2)11-3-5-17-13-18(23-22-17)15-7-9-16(21)10-8-15/h4,6-10,12-14,24H,3,5,11H2,1-2H3,(H,22,23). The van der Waals surface area contributed by atoms with E-state index in [-0.39, 0.29) is 15.9 Å². The average molecular weight is 451 g/mol. The van der Waals surface area contributed by atoms with Gasteiger partial charge in [-0.2, -0.15) is 9.82 Å². The van der Waals surface area contributed by atoms with Gasteiger partial charge in [-0.15, -0.1) is 11.3 Å². The van der Waals surface area contributed by atoms with Crippen LogP contribution in [0.2, 0.25) is 0 Å². The summed E-state index contributed by atoms with van der Waals surface area (Å²) in [6, 6.07) is 10.3. The number of thiophene rings is 1. The van der Waals surface area contributed by atoms with Gasteiger partial charge < -0.3 is 4.90 Å². The van der Waals surface area contributed by atoms with E-state index in [0.29, 0.717) is 19.4 Å². The predicted molar refractivity (Wildman–Crippen MR) is 114 cm³/mol. The zero-order valence-electron chi connectivity index (χ0n) is 16.6. The highest BCUT2D eigenvalue weighted by Crippen LogP contribution is 2.19. The van der Waals surface area contributed by atoms with Crippen molar-refractivity contribution in [2.24, 2.45) is 0 Å². The number of halogens is 1. The first-order chi connectivity index (χ1) is 14.3. The van der Waals surface area contributed by atoms with Crippen LogP contribution in [0.4, 0.5) is 4.39 Å². The molecule has 2 heterocycles. The molecule has 3 aromatic rings. The van der Waals surface area contributed by atoms with Gasteiger partial charge in [0.2, 0.25) is 5.91 Å². The molecule has 10 heteroatoms. The van der Waals surface area contributed by atoms with Crippen molar-refractivity contribution in [3.05, 3.63) is 59.4 Å². The predicted octanol–water partition coefficient (Wildman–Crippen LogP) is 3.04. The third-order valence-corrected chi connectivity index (χ3v) is 7.49. The van der Waals surface area contributed by atoms with Crippen LogP contribution in [-0.2, 0) is 21.2 Å². The van der Waals surface area contributed by atoms with Crippen LogP contribution in [0.3, 0.4) is 0 Å². The lowest BCUT2D eigenvalue weighted by molar-refractivity contribution is -0.131. The summed E-state index contributed by atoms with van der Waals surface area (Å²) in [5.41, 5.74) is 2.45. The number of aryl methyl sites for hydroxylation is 1. The molecule has 0 aliphatic heterocycles. The van der Waals surface area contributed by atoms with E-state index in [4.69, 9.17) is 0 Å².